The minimum atomic E-state index is -0.363. The van der Waals surface area contributed by atoms with E-state index < -0.39 is 0 Å². The summed E-state index contributed by atoms with van der Waals surface area (Å²) in [6.07, 6.45) is 1.59. The SMILES string of the molecule is CCOc1ccc(CC(=O)Nc2ccc(NC(=O)C3CCCO3)cc2)cc1. The number of rotatable bonds is 7. The third-order valence-corrected chi connectivity index (χ3v) is 4.26. The molecule has 2 aromatic carbocycles. The lowest BCUT2D eigenvalue weighted by Gasteiger charge is -2.11. The molecular weight excluding hydrogens is 344 g/mol. The Morgan fingerprint density at radius 1 is 1.04 bits per heavy atom. The van der Waals surface area contributed by atoms with E-state index in [-0.39, 0.29) is 24.3 Å². The van der Waals surface area contributed by atoms with E-state index in [0.29, 0.717) is 24.6 Å². The summed E-state index contributed by atoms with van der Waals surface area (Å²) in [5.74, 6) is 0.567. The molecule has 2 N–H and O–H groups in total. The number of benzene rings is 2. The van der Waals surface area contributed by atoms with Crippen molar-refractivity contribution in [2.75, 3.05) is 23.8 Å². The molecule has 6 nitrogen and oxygen atoms in total. The summed E-state index contributed by atoms with van der Waals surface area (Å²) in [6.45, 7) is 3.18. The van der Waals surface area contributed by atoms with Gasteiger partial charge in [0.15, 0.2) is 0 Å². The third kappa shape index (κ3) is 5.56. The second kappa shape index (κ2) is 9.19. The van der Waals surface area contributed by atoms with Crippen LogP contribution in [-0.2, 0) is 20.7 Å². The molecular formula is C21H24N2O4. The van der Waals surface area contributed by atoms with E-state index in [0.717, 1.165) is 24.2 Å². The first-order valence-corrected chi connectivity index (χ1v) is 9.18. The summed E-state index contributed by atoms with van der Waals surface area (Å²) in [5, 5.41) is 5.69. The molecule has 2 amide bonds. The second-order valence-corrected chi connectivity index (χ2v) is 6.37. The Labute approximate surface area is 158 Å². The molecule has 0 radical (unpaired) electrons. The number of hydrogen-bond acceptors (Lipinski definition) is 4. The Kier molecular flexibility index (Phi) is 6.44. The number of ether oxygens (including phenoxy) is 2. The molecule has 1 aliphatic heterocycles. The van der Waals surface area contributed by atoms with E-state index in [1.807, 2.05) is 31.2 Å². The van der Waals surface area contributed by atoms with Crippen LogP contribution in [0.5, 0.6) is 5.75 Å². The van der Waals surface area contributed by atoms with Crippen molar-refractivity contribution in [3.8, 4) is 5.75 Å². The molecule has 27 heavy (non-hydrogen) atoms. The van der Waals surface area contributed by atoms with Crippen LogP contribution in [0.4, 0.5) is 11.4 Å². The monoisotopic (exact) mass is 368 g/mol. The zero-order chi connectivity index (χ0) is 19.1. The minimum Gasteiger partial charge on any atom is -0.494 e. The van der Waals surface area contributed by atoms with Gasteiger partial charge in [-0.15, -0.1) is 0 Å². The van der Waals surface area contributed by atoms with Gasteiger partial charge in [0.05, 0.1) is 13.0 Å². The number of hydrogen-bond donors (Lipinski definition) is 2. The maximum absolute atomic E-state index is 12.2. The fourth-order valence-corrected chi connectivity index (χ4v) is 2.90. The molecule has 1 saturated heterocycles. The highest BCUT2D eigenvalue weighted by Crippen LogP contribution is 2.18. The number of carbonyl (C=O) groups is 2. The molecule has 0 aromatic heterocycles. The van der Waals surface area contributed by atoms with E-state index in [9.17, 15) is 9.59 Å². The summed E-state index contributed by atoms with van der Waals surface area (Å²) in [7, 11) is 0. The van der Waals surface area contributed by atoms with Crippen LogP contribution in [0.1, 0.15) is 25.3 Å². The quantitative estimate of drug-likeness (QED) is 0.785. The van der Waals surface area contributed by atoms with Crippen LogP contribution < -0.4 is 15.4 Å². The van der Waals surface area contributed by atoms with Crippen molar-refractivity contribution < 1.29 is 19.1 Å². The van der Waals surface area contributed by atoms with E-state index in [2.05, 4.69) is 10.6 Å². The van der Waals surface area contributed by atoms with Crippen molar-refractivity contribution in [2.45, 2.75) is 32.3 Å². The van der Waals surface area contributed by atoms with Crippen LogP contribution in [-0.4, -0.2) is 31.1 Å². The molecule has 3 rings (SSSR count). The van der Waals surface area contributed by atoms with E-state index in [4.69, 9.17) is 9.47 Å². The summed E-state index contributed by atoms with van der Waals surface area (Å²) in [6, 6.07) is 14.5. The molecule has 1 aliphatic rings. The first kappa shape index (κ1) is 18.9. The van der Waals surface area contributed by atoms with Crippen molar-refractivity contribution in [2.24, 2.45) is 0 Å². The molecule has 0 aliphatic carbocycles. The maximum Gasteiger partial charge on any atom is 0.253 e. The van der Waals surface area contributed by atoms with E-state index in [1.54, 1.807) is 24.3 Å². The lowest BCUT2D eigenvalue weighted by atomic mass is 10.1. The van der Waals surface area contributed by atoms with E-state index in [1.165, 1.54) is 0 Å². The van der Waals surface area contributed by atoms with Crippen molar-refractivity contribution >= 4 is 23.2 Å². The van der Waals surface area contributed by atoms with Crippen LogP contribution in [0.3, 0.4) is 0 Å². The first-order chi connectivity index (χ1) is 13.1. The third-order valence-electron chi connectivity index (χ3n) is 4.26. The van der Waals surface area contributed by atoms with Gasteiger partial charge in [0.2, 0.25) is 5.91 Å². The van der Waals surface area contributed by atoms with Gasteiger partial charge in [-0.1, -0.05) is 12.1 Å². The summed E-state index contributed by atoms with van der Waals surface area (Å²) in [4.78, 5) is 24.2. The summed E-state index contributed by atoms with van der Waals surface area (Å²) >= 11 is 0. The standard InChI is InChI=1S/C21H24N2O4/c1-2-26-18-11-5-15(6-12-18)14-20(24)22-16-7-9-17(10-8-16)23-21(25)19-4-3-13-27-19/h5-12,19H,2-4,13-14H2,1H3,(H,22,24)(H,23,25). The van der Waals surface area contributed by atoms with Crippen LogP contribution in [0.2, 0.25) is 0 Å². The van der Waals surface area contributed by atoms with Gasteiger partial charge in [-0.25, -0.2) is 0 Å². The normalized spacial score (nSPS) is 16.0. The van der Waals surface area contributed by atoms with Crippen molar-refractivity contribution in [3.63, 3.8) is 0 Å². The first-order valence-electron chi connectivity index (χ1n) is 9.18. The van der Waals surface area contributed by atoms with Gasteiger partial charge >= 0.3 is 0 Å². The van der Waals surface area contributed by atoms with Crippen molar-refractivity contribution in [1.29, 1.82) is 0 Å². The highest BCUT2D eigenvalue weighted by Gasteiger charge is 2.23. The fraction of sp³-hybridized carbons (Fsp3) is 0.333. The van der Waals surface area contributed by atoms with Crippen LogP contribution in [0.15, 0.2) is 48.5 Å². The average molecular weight is 368 g/mol. The molecule has 142 valence electrons. The molecule has 1 unspecified atom stereocenters. The predicted molar refractivity (Wildman–Crippen MR) is 104 cm³/mol. The molecule has 0 saturated carbocycles. The Hall–Kier alpha value is -2.86. The number of carbonyl (C=O) groups excluding carboxylic acids is 2. The Morgan fingerprint density at radius 3 is 2.30 bits per heavy atom. The molecule has 1 heterocycles. The fourth-order valence-electron chi connectivity index (χ4n) is 2.90. The van der Waals surface area contributed by atoms with Gasteiger partial charge in [0, 0.05) is 18.0 Å². The molecule has 2 aromatic rings. The summed E-state index contributed by atoms with van der Waals surface area (Å²) < 4.78 is 10.8. The van der Waals surface area contributed by atoms with Gasteiger partial charge in [0.1, 0.15) is 11.9 Å². The Bertz CT molecular complexity index is 766. The lowest BCUT2D eigenvalue weighted by molar-refractivity contribution is -0.124. The average Bonchev–Trinajstić information content (AvgIpc) is 3.20. The van der Waals surface area contributed by atoms with Gasteiger partial charge in [0.25, 0.3) is 5.91 Å². The van der Waals surface area contributed by atoms with Gasteiger partial charge in [-0.05, 0) is 61.7 Å². The highest BCUT2D eigenvalue weighted by molar-refractivity contribution is 5.95. The Balaban J connectivity index is 1.49. The molecule has 1 fully saturated rings. The summed E-state index contributed by atoms with van der Waals surface area (Å²) in [5.41, 5.74) is 2.28. The second-order valence-electron chi connectivity index (χ2n) is 6.37. The van der Waals surface area contributed by atoms with Gasteiger partial charge < -0.3 is 20.1 Å². The van der Waals surface area contributed by atoms with Crippen LogP contribution in [0.25, 0.3) is 0 Å². The van der Waals surface area contributed by atoms with Crippen LogP contribution >= 0.6 is 0 Å². The predicted octanol–water partition coefficient (Wildman–Crippen LogP) is 3.38. The van der Waals surface area contributed by atoms with Crippen LogP contribution in [0, 0.1) is 0 Å². The van der Waals surface area contributed by atoms with Crippen molar-refractivity contribution in [1.82, 2.24) is 0 Å². The van der Waals surface area contributed by atoms with E-state index >= 15 is 0 Å². The Morgan fingerprint density at radius 2 is 1.70 bits per heavy atom. The lowest BCUT2D eigenvalue weighted by Crippen LogP contribution is -2.26. The number of anilines is 2. The molecule has 1 atom stereocenters. The van der Waals surface area contributed by atoms with Crippen molar-refractivity contribution in [3.05, 3.63) is 54.1 Å². The zero-order valence-electron chi connectivity index (χ0n) is 15.4. The molecule has 0 spiro atoms. The molecule has 6 heteroatoms. The van der Waals surface area contributed by atoms with Gasteiger partial charge in [-0.3, -0.25) is 9.59 Å². The largest absolute Gasteiger partial charge is 0.494 e. The number of nitrogens with one attached hydrogen (secondary N) is 2. The van der Waals surface area contributed by atoms with Gasteiger partial charge in [-0.2, -0.15) is 0 Å². The zero-order valence-corrected chi connectivity index (χ0v) is 15.4. The minimum absolute atomic E-state index is 0.102. The molecule has 0 bridgehead atoms. The smallest absolute Gasteiger partial charge is 0.253 e. The maximum atomic E-state index is 12.2. The topological polar surface area (TPSA) is 76.7 Å². The highest BCUT2D eigenvalue weighted by atomic mass is 16.5. The number of amides is 2.